The van der Waals surface area contributed by atoms with E-state index in [9.17, 15) is 18.0 Å². The highest BCUT2D eigenvalue weighted by molar-refractivity contribution is 7.89. The molecule has 0 fully saturated rings. The second-order valence-corrected chi connectivity index (χ2v) is 6.79. The van der Waals surface area contributed by atoms with Crippen LogP contribution < -0.4 is 5.32 Å². The molecule has 0 radical (unpaired) electrons. The maximum Gasteiger partial charge on any atom is 0.339 e. The number of nitrogens with one attached hydrogen (secondary N) is 1. The average molecular weight is 318 g/mol. The molecule has 0 spiro atoms. The Morgan fingerprint density at radius 3 is 2.52 bits per heavy atom. The van der Waals surface area contributed by atoms with Crippen LogP contribution in [0.4, 0.5) is 0 Å². The number of carboxylic acids is 1. The molecule has 9 heteroatoms. The van der Waals surface area contributed by atoms with Crippen LogP contribution in [0.25, 0.3) is 0 Å². The van der Waals surface area contributed by atoms with E-state index in [2.05, 4.69) is 5.32 Å². The van der Waals surface area contributed by atoms with E-state index >= 15 is 0 Å². The topological polar surface area (TPSA) is 117 Å². The largest absolute Gasteiger partial charge is 0.478 e. The summed E-state index contributed by atoms with van der Waals surface area (Å²) in [6, 6.07) is 1.32. The number of furan rings is 1. The summed E-state index contributed by atoms with van der Waals surface area (Å²) < 4.78 is 29.1. The van der Waals surface area contributed by atoms with E-state index in [-0.39, 0.29) is 30.2 Å². The Labute approximate surface area is 122 Å². The highest BCUT2D eigenvalue weighted by Crippen LogP contribution is 2.14. The molecule has 1 amide bonds. The van der Waals surface area contributed by atoms with Gasteiger partial charge in [-0.3, -0.25) is 4.79 Å². The molecule has 1 rings (SSSR count). The zero-order valence-electron chi connectivity index (χ0n) is 12.0. The summed E-state index contributed by atoms with van der Waals surface area (Å²) in [7, 11) is -2.10. The van der Waals surface area contributed by atoms with E-state index in [1.165, 1.54) is 27.0 Å². The van der Waals surface area contributed by atoms with Crippen molar-refractivity contribution in [3.63, 3.8) is 0 Å². The van der Waals surface area contributed by atoms with Gasteiger partial charge in [-0.2, -0.15) is 4.31 Å². The normalized spacial score (nSPS) is 11.6. The van der Waals surface area contributed by atoms with E-state index in [0.717, 1.165) is 4.31 Å². The summed E-state index contributed by atoms with van der Waals surface area (Å²) in [5, 5.41) is 11.3. The number of rotatable bonds is 7. The number of sulfonamides is 1. The van der Waals surface area contributed by atoms with Crippen LogP contribution in [-0.2, 0) is 21.4 Å². The van der Waals surface area contributed by atoms with Crippen LogP contribution in [0.5, 0.6) is 0 Å². The summed E-state index contributed by atoms with van der Waals surface area (Å²) >= 11 is 0. The third-order valence-electron chi connectivity index (χ3n) is 2.86. The molecule has 0 saturated carbocycles. The number of nitrogens with zero attached hydrogens (tertiary/aromatic N) is 1. The molecule has 0 aliphatic rings. The maximum absolute atomic E-state index is 11.6. The molecule has 21 heavy (non-hydrogen) atoms. The molecule has 8 nitrogen and oxygen atoms in total. The second kappa shape index (κ2) is 6.72. The fourth-order valence-corrected chi connectivity index (χ4v) is 2.36. The van der Waals surface area contributed by atoms with Gasteiger partial charge in [-0.05, 0) is 19.9 Å². The monoisotopic (exact) mass is 318 g/mol. The van der Waals surface area contributed by atoms with Crippen molar-refractivity contribution in [1.29, 1.82) is 0 Å². The predicted molar refractivity (Wildman–Crippen MR) is 74.3 cm³/mol. The Morgan fingerprint density at radius 2 is 2.05 bits per heavy atom. The summed E-state index contributed by atoms with van der Waals surface area (Å²) in [5.41, 5.74) is 0.0323. The van der Waals surface area contributed by atoms with Gasteiger partial charge < -0.3 is 14.8 Å². The van der Waals surface area contributed by atoms with Gasteiger partial charge in [-0.15, -0.1) is 0 Å². The fraction of sp³-hybridized carbons (Fsp3) is 0.500. The van der Waals surface area contributed by atoms with Gasteiger partial charge in [-0.1, -0.05) is 0 Å². The molecule has 118 valence electrons. The van der Waals surface area contributed by atoms with Crippen LogP contribution in [0, 0.1) is 6.92 Å². The van der Waals surface area contributed by atoms with Crippen molar-refractivity contribution in [3.8, 4) is 0 Å². The lowest BCUT2D eigenvalue weighted by Crippen LogP contribution is -2.38. The summed E-state index contributed by atoms with van der Waals surface area (Å²) in [6.45, 7) is 2.69. The lowest BCUT2D eigenvalue weighted by molar-refractivity contribution is -0.121. The number of carbonyl (C=O) groups excluding carboxylic acids is 1. The maximum atomic E-state index is 11.6. The summed E-state index contributed by atoms with van der Waals surface area (Å²) in [5.74, 6) is -1.16. The second-order valence-electron chi connectivity index (χ2n) is 4.42. The first-order valence-electron chi connectivity index (χ1n) is 6.20. The minimum atomic E-state index is -3.42. The number of hydrogen-bond donors (Lipinski definition) is 2. The van der Waals surface area contributed by atoms with Crippen LogP contribution in [0.1, 0.15) is 28.8 Å². The quantitative estimate of drug-likeness (QED) is 0.741. The average Bonchev–Trinajstić information content (AvgIpc) is 2.77. The molecule has 0 aliphatic heterocycles. The van der Waals surface area contributed by atoms with Crippen LogP contribution in [0.3, 0.4) is 0 Å². The molecule has 0 unspecified atom stereocenters. The van der Waals surface area contributed by atoms with Gasteiger partial charge in [0.25, 0.3) is 0 Å². The van der Waals surface area contributed by atoms with E-state index in [4.69, 9.17) is 9.52 Å². The molecule has 1 heterocycles. The third-order valence-corrected chi connectivity index (χ3v) is 4.67. The van der Waals surface area contributed by atoms with Crippen molar-refractivity contribution in [1.82, 2.24) is 9.62 Å². The summed E-state index contributed by atoms with van der Waals surface area (Å²) in [6.07, 6.45) is 0. The Hall–Kier alpha value is -1.87. The Kier molecular flexibility index (Phi) is 5.50. The molecule has 0 bridgehead atoms. The lowest BCUT2D eigenvalue weighted by Gasteiger charge is -2.15. The number of likely N-dealkylation sites (N-methyl/N-ethyl adjacent to an activating group) is 1. The third kappa shape index (κ3) is 4.57. The van der Waals surface area contributed by atoms with Gasteiger partial charge in [0.1, 0.15) is 17.1 Å². The number of aromatic carboxylic acids is 1. The van der Waals surface area contributed by atoms with Crippen LogP contribution >= 0.6 is 0 Å². The molecule has 0 saturated heterocycles. The van der Waals surface area contributed by atoms with Crippen molar-refractivity contribution in [2.24, 2.45) is 0 Å². The molecular weight excluding hydrogens is 300 g/mol. The molecular formula is C12H18N2O6S. The molecule has 0 aromatic carbocycles. The summed E-state index contributed by atoms with van der Waals surface area (Å²) in [4.78, 5) is 22.5. The Balaban J connectivity index is 2.58. The first-order valence-corrected chi connectivity index (χ1v) is 7.81. The van der Waals surface area contributed by atoms with Gasteiger partial charge in [0, 0.05) is 7.05 Å². The van der Waals surface area contributed by atoms with Gasteiger partial charge in [0.15, 0.2) is 0 Å². The van der Waals surface area contributed by atoms with E-state index in [1.54, 1.807) is 0 Å². The van der Waals surface area contributed by atoms with Crippen LogP contribution in [0.15, 0.2) is 10.5 Å². The van der Waals surface area contributed by atoms with E-state index in [0.29, 0.717) is 5.76 Å². The number of hydrogen-bond acceptors (Lipinski definition) is 5. The standard InChI is InChI=1S/C12H18N2O6S/c1-4-21(18,19)14(3)7-11(15)13-6-9-5-10(12(16)17)8(2)20-9/h5H,4,6-7H2,1-3H3,(H,13,15)(H,16,17). The van der Waals surface area contributed by atoms with E-state index in [1.807, 2.05) is 0 Å². The number of carboxylic acid groups (broad SMARTS) is 1. The van der Waals surface area contributed by atoms with Crippen molar-refractivity contribution < 1.29 is 27.5 Å². The SMILES string of the molecule is CCS(=O)(=O)N(C)CC(=O)NCc1cc(C(=O)O)c(C)o1. The number of aryl methyl sites for hydroxylation is 1. The Bertz CT molecular complexity index is 634. The fourth-order valence-electron chi connectivity index (χ4n) is 1.61. The first-order chi connectivity index (χ1) is 9.67. The molecule has 0 atom stereocenters. The molecule has 2 N–H and O–H groups in total. The van der Waals surface area contributed by atoms with Crippen molar-refractivity contribution >= 4 is 21.9 Å². The van der Waals surface area contributed by atoms with Crippen molar-refractivity contribution in [2.75, 3.05) is 19.3 Å². The van der Waals surface area contributed by atoms with Gasteiger partial charge in [-0.25, -0.2) is 13.2 Å². The Morgan fingerprint density at radius 1 is 1.43 bits per heavy atom. The van der Waals surface area contributed by atoms with Gasteiger partial charge >= 0.3 is 5.97 Å². The molecule has 1 aromatic heterocycles. The van der Waals surface area contributed by atoms with Crippen LogP contribution in [-0.4, -0.2) is 49.1 Å². The highest BCUT2D eigenvalue weighted by Gasteiger charge is 2.19. The minimum Gasteiger partial charge on any atom is -0.478 e. The minimum absolute atomic E-state index is 0.00698. The van der Waals surface area contributed by atoms with Crippen molar-refractivity contribution in [3.05, 3.63) is 23.2 Å². The highest BCUT2D eigenvalue weighted by atomic mass is 32.2. The predicted octanol–water partition coefficient (Wildman–Crippen LogP) is 0.184. The van der Waals surface area contributed by atoms with Crippen LogP contribution in [0.2, 0.25) is 0 Å². The zero-order valence-corrected chi connectivity index (χ0v) is 12.9. The van der Waals surface area contributed by atoms with Crippen molar-refractivity contribution in [2.45, 2.75) is 20.4 Å². The van der Waals surface area contributed by atoms with Gasteiger partial charge in [0.05, 0.1) is 18.8 Å². The lowest BCUT2D eigenvalue weighted by atomic mass is 10.2. The number of carbonyl (C=O) groups is 2. The number of amides is 1. The van der Waals surface area contributed by atoms with Gasteiger partial charge in [0.2, 0.25) is 15.9 Å². The molecule has 1 aromatic rings. The zero-order chi connectivity index (χ0) is 16.2. The first kappa shape index (κ1) is 17.2. The van der Waals surface area contributed by atoms with E-state index < -0.39 is 21.9 Å². The molecule has 0 aliphatic carbocycles. The smallest absolute Gasteiger partial charge is 0.339 e.